The van der Waals surface area contributed by atoms with Crippen LogP contribution in [0.25, 0.3) is 0 Å². The molecule has 1 amide bonds. The molecular formula is C26H40N2O5. The highest BCUT2D eigenvalue weighted by molar-refractivity contribution is 5.82. The number of amides is 1. The molecule has 0 radical (unpaired) electrons. The van der Waals surface area contributed by atoms with Gasteiger partial charge in [-0.05, 0) is 49.7 Å². The Bertz CT molecular complexity index is 789. The van der Waals surface area contributed by atoms with Gasteiger partial charge in [0.05, 0.1) is 24.9 Å². The summed E-state index contributed by atoms with van der Waals surface area (Å²) in [6, 6.07) is 7.17. The summed E-state index contributed by atoms with van der Waals surface area (Å²) < 4.78 is 0. The average molecular weight is 461 g/mol. The number of carbonyl (C=O) groups excluding carboxylic acids is 1. The van der Waals surface area contributed by atoms with Gasteiger partial charge in [-0.25, -0.2) is 0 Å². The van der Waals surface area contributed by atoms with Gasteiger partial charge in [0.15, 0.2) is 0 Å². The monoisotopic (exact) mass is 460 g/mol. The second-order valence-corrected chi connectivity index (χ2v) is 10.4. The molecule has 2 saturated carbocycles. The van der Waals surface area contributed by atoms with Crippen molar-refractivity contribution in [1.29, 1.82) is 0 Å². The first-order valence-electron chi connectivity index (χ1n) is 12.7. The summed E-state index contributed by atoms with van der Waals surface area (Å²) in [7, 11) is 0. The molecule has 33 heavy (non-hydrogen) atoms. The summed E-state index contributed by atoms with van der Waals surface area (Å²) in [5.74, 6) is -0.183. The van der Waals surface area contributed by atoms with Crippen molar-refractivity contribution in [3.63, 3.8) is 0 Å². The number of aliphatic hydroxyl groups is 3. The molecule has 4 atom stereocenters. The molecule has 3 aliphatic rings. The van der Waals surface area contributed by atoms with E-state index in [0.717, 1.165) is 49.7 Å². The Morgan fingerprint density at radius 1 is 1.21 bits per heavy atom. The van der Waals surface area contributed by atoms with Crippen LogP contribution in [0.5, 0.6) is 0 Å². The Balaban J connectivity index is 1.50. The van der Waals surface area contributed by atoms with E-state index in [-0.39, 0.29) is 12.5 Å². The standard InChI is InChI=1S/C26H40N2O5/c1-18(30)23-22(17-29)33-28(24(23)25(31)27-15-19-8-3-2-4-9-19)16-20-10-7-11-21(14-20)26(32)12-5-6-13-26/h7,10-11,14,18-19,22-24,29-30,32H,2-6,8-9,12-13,15-17H2,1H3,(H,27,31)/t18-,22-,23+,24-/m1/s1. The number of nitrogens with one attached hydrogen (secondary N) is 1. The number of hydrogen-bond donors (Lipinski definition) is 4. The Morgan fingerprint density at radius 2 is 1.94 bits per heavy atom. The van der Waals surface area contributed by atoms with E-state index >= 15 is 0 Å². The minimum absolute atomic E-state index is 0.159. The van der Waals surface area contributed by atoms with Gasteiger partial charge in [-0.3, -0.25) is 9.63 Å². The molecule has 7 heteroatoms. The Hall–Kier alpha value is -1.51. The lowest BCUT2D eigenvalue weighted by molar-refractivity contribution is -0.182. The minimum Gasteiger partial charge on any atom is -0.394 e. The third kappa shape index (κ3) is 5.60. The summed E-state index contributed by atoms with van der Waals surface area (Å²) in [5.41, 5.74) is 1.05. The topological polar surface area (TPSA) is 102 Å². The molecule has 1 aromatic rings. The lowest BCUT2D eigenvalue weighted by Crippen LogP contribution is -2.50. The number of carbonyl (C=O) groups is 1. The molecule has 2 aliphatic carbocycles. The van der Waals surface area contributed by atoms with Crippen molar-refractivity contribution in [2.75, 3.05) is 13.2 Å². The van der Waals surface area contributed by atoms with E-state index in [2.05, 4.69) is 5.32 Å². The van der Waals surface area contributed by atoms with Gasteiger partial charge in [-0.1, -0.05) is 56.4 Å². The van der Waals surface area contributed by atoms with Crippen LogP contribution in [0.15, 0.2) is 24.3 Å². The normalized spacial score (nSPS) is 29.3. The van der Waals surface area contributed by atoms with Crippen molar-refractivity contribution in [1.82, 2.24) is 10.4 Å². The third-order valence-electron chi connectivity index (χ3n) is 7.90. The maximum Gasteiger partial charge on any atom is 0.240 e. The van der Waals surface area contributed by atoms with Crippen molar-refractivity contribution in [3.8, 4) is 0 Å². The van der Waals surface area contributed by atoms with Crippen molar-refractivity contribution in [3.05, 3.63) is 35.4 Å². The molecule has 7 nitrogen and oxygen atoms in total. The fourth-order valence-corrected chi connectivity index (χ4v) is 6.00. The number of nitrogens with zero attached hydrogens (tertiary/aromatic N) is 1. The van der Waals surface area contributed by atoms with E-state index in [9.17, 15) is 20.1 Å². The van der Waals surface area contributed by atoms with Crippen molar-refractivity contribution in [2.45, 2.75) is 95.1 Å². The lowest BCUT2D eigenvalue weighted by atomic mass is 9.87. The van der Waals surface area contributed by atoms with Crippen LogP contribution in [-0.2, 0) is 21.8 Å². The quantitative estimate of drug-likeness (QED) is 0.476. The Kier molecular flexibility index (Phi) is 8.07. The summed E-state index contributed by atoms with van der Waals surface area (Å²) in [6.07, 6.45) is 8.10. The van der Waals surface area contributed by atoms with Gasteiger partial charge in [0.2, 0.25) is 5.91 Å². The predicted octanol–water partition coefficient (Wildman–Crippen LogP) is 2.62. The SMILES string of the molecule is C[C@@H](O)[C@H]1[C@@H](CO)ON(Cc2cccc(C3(O)CCCC3)c2)[C@H]1C(=O)NCC1CCCCC1. The first-order valence-corrected chi connectivity index (χ1v) is 12.7. The molecule has 184 valence electrons. The molecule has 0 aromatic heterocycles. The zero-order chi connectivity index (χ0) is 23.4. The zero-order valence-corrected chi connectivity index (χ0v) is 19.8. The van der Waals surface area contributed by atoms with Gasteiger partial charge in [0, 0.05) is 12.5 Å². The second kappa shape index (κ2) is 10.8. The van der Waals surface area contributed by atoms with Crippen molar-refractivity contribution in [2.24, 2.45) is 11.8 Å². The van der Waals surface area contributed by atoms with E-state index in [1.807, 2.05) is 24.3 Å². The second-order valence-electron chi connectivity index (χ2n) is 10.4. The van der Waals surface area contributed by atoms with Crippen LogP contribution in [0.3, 0.4) is 0 Å². The molecule has 3 fully saturated rings. The van der Waals surface area contributed by atoms with Gasteiger partial charge >= 0.3 is 0 Å². The van der Waals surface area contributed by atoms with Gasteiger partial charge in [-0.2, -0.15) is 5.06 Å². The van der Waals surface area contributed by atoms with Gasteiger partial charge in [-0.15, -0.1) is 0 Å². The highest BCUT2D eigenvalue weighted by Gasteiger charge is 2.49. The maximum atomic E-state index is 13.3. The highest BCUT2D eigenvalue weighted by Crippen LogP contribution is 2.39. The smallest absolute Gasteiger partial charge is 0.240 e. The fraction of sp³-hybridized carbons (Fsp3) is 0.731. The van der Waals surface area contributed by atoms with Crippen LogP contribution >= 0.6 is 0 Å². The maximum absolute atomic E-state index is 13.3. The molecule has 1 aromatic carbocycles. The van der Waals surface area contributed by atoms with E-state index in [0.29, 0.717) is 19.0 Å². The summed E-state index contributed by atoms with van der Waals surface area (Å²) in [5, 5.41) is 36.1. The van der Waals surface area contributed by atoms with Gasteiger partial charge in [0.25, 0.3) is 0 Å². The zero-order valence-electron chi connectivity index (χ0n) is 19.8. The van der Waals surface area contributed by atoms with E-state index in [1.54, 1.807) is 12.0 Å². The number of aliphatic hydroxyl groups excluding tert-OH is 2. The fourth-order valence-electron chi connectivity index (χ4n) is 6.00. The number of benzene rings is 1. The number of hydrogen-bond acceptors (Lipinski definition) is 6. The first-order chi connectivity index (χ1) is 15.9. The van der Waals surface area contributed by atoms with Gasteiger partial charge in [0.1, 0.15) is 12.1 Å². The van der Waals surface area contributed by atoms with Crippen molar-refractivity contribution >= 4 is 5.91 Å². The lowest BCUT2D eigenvalue weighted by Gasteiger charge is -2.28. The van der Waals surface area contributed by atoms with E-state index in [1.165, 1.54) is 19.3 Å². The summed E-state index contributed by atoms with van der Waals surface area (Å²) in [6.45, 7) is 2.36. The van der Waals surface area contributed by atoms with Gasteiger partial charge < -0.3 is 20.6 Å². The molecule has 0 bridgehead atoms. The van der Waals surface area contributed by atoms with Crippen LogP contribution in [0, 0.1) is 11.8 Å². The minimum atomic E-state index is -0.803. The molecule has 1 saturated heterocycles. The van der Waals surface area contributed by atoms with Crippen molar-refractivity contribution < 1.29 is 25.0 Å². The van der Waals surface area contributed by atoms with Crippen LogP contribution in [0.2, 0.25) is 0 Å². The van der Waals surface area contributed by atoms with E-state index < -0.39 is 29.8 Å². The van der Waals surface area contributed by atoms with Crippen LogP contribution in [0.4, 0.5) is 0 Å². The van der Waals surface area contributed by atoms with Crippen LogP contribution < -0.4 is 5.32 Å². The molecule has 0 spiro atoms. The Labute approximate surface area is 197 Å². The summed E-state index contributed by atoms with van der Waals surface area (Å²) >= 11 is 0. The third-order valence-corrected chi connectivity index (χ3v) is 7.90. The number of hydroxylamine groups is 2. The molecular weight excluding hydrogens is 420 g/mol. The first kappa shape index (κ1) is 24.6. The average Bonchev–Trinajstić information content (AvgIpc) is 3.43. The summed E-state index contributed by atoms with van der Waals surface area (Å²) in [4.78, 5) is 19.3. The van der Waals surface area contributed by atoms with Crippen LogP contribution in [-0.4, -0.2) is 57.7 Å². The van der Waals surface area contributed by atoms with E-state index in [4.69, 9.17) is 4.84 Å². The highest BCUT2D eigenvalue weighted by atomic mass is 16.7. The van der Waals surface area contributed by atoms with Crippen LogP contribution in [0.1, 0.15) is 75.8 Å². The Morgan fingerprint density at radius 3 is 2.61 bits per heavy atom. The molecule has 4 rings (SSSR count). The molecule has 1 aliphatic heterocycles. The predicted molar refractivity (Wildman–Crippen MR) is 125 cm³/mol. The number of rotatable bonds is 8. The molecule has 1 heterocycles. The molecule has 4 N–H and O–H groups in total. The molecule has 0 unspecified atom stereocenters. The largest absolute Gasteiger partial charge is 0.394 e.